The molecule has 2 N–H and O–H groups in total. The third-order valence-corrected chi connectivity index (χ3v) is 6.54. The molecule has 1 aliphatic carbocycles. The van der Waals surface area contributed by atoms with E-state index in [1.54, 1.807) is 5.56 Å². The number of fused-ring (bicyclic) bond motifs is 8. The van der Waals surface area contributed by atoms with Gasteiger partial charge < -0.3 is 10.1 Å². The molecular weight excluding hydrogens is 272 g/mol. The van der Waals surface area contributed by atoms with Gasteiger partial charge in [0.25, 0.3) is 0 Å². The van der Waals surface area contributed by atoms with Crippen molar-refractivity contribution >= 4 is 10.9 Å². The number of nitrogens with zero attached hydrogens (tertiary/aromatic N) is 1. The van der Waals surface area contributed by atoms with Gasteiger partial charge in [0.2, 0.25) is 0 Å². The summed E-state index contributed by atoms with van der Waals surface area (Å²) in [6, 6.07) is 10.0. The highest BCUT2D eigenvalue weighted by Crippen LogP contribution is 2.49. The molecule has 5 rings (SSSR count). The van der Waals surface area contributed by atoms with Crippen molar-refractivity contribution in [3.05, 3.63) is 35.5 Å². The van der Waals surface area contributed by atoms with Crippen LogP contribution in [0.3, 0.4) is 0 Å². The molecule has 0 radical (unpaired) electrons. The minimum Gasteiger partial charge on any atom is -0.396 e. The Kier molecular flexibility index (Phi) is 2.89. The van der Waals surface area contributed by atoms with E-state index < -0.39 is 0 Å². The molecule has 0 unspecified atom stereocenters. The maximum Gasteiger partial charge on any atom is 0.0507 e. The Balaban J connectivity index is 1.58. The van der Waals surface area contributed by atoms with Crippen molar-refractivity contribution < 1.29 is 5.11 Å². The number of rotatable bonds is 1. The summed E-state index contributed by atoms with van der Waals surface area (Å²) < 4.78 is 0. The first kappa shape index (κ1) is 13.1. The fourth-order valence-corrected chi connectivity index (χ4v) is 5.45. The second-order valence-electron chi connectivity index (χ2n) is 7.47. The predicted molar refractivity (Wildman–Crippen MR) is 87.8 cm³/mol. The fourth-order valence-electron chi connectivity index (χ4n) is 5.45. The van der Waals surface area contributed by atoms with Crippen molar-refractivity contribution in [1.82, 2.24) is 9.88 Å². The number of benzene rings is 1. The first-order valence-electron chi connectivity index (χ1n) is 8.81. The molecule has 1 saturated carbocycles. The molecule has 1 aromatic carbocycles. The number of nitrogens with one attached hydrogen (secondary N) is 1. The zero-order valence-electron chi connectivity index (χ0n) is 13.0. The topological polar surface area (TPSA) is 39.3 Å². The minimum absolute atomic E-state index is 0.379. The van der Waals surface area contributed by atoms with Crippen LogP contribution < -0.4 is 0 Å². The fraction of sp³-hybridized carbons (Fsp3) is 0.579. The van der Waals surface area contributed by atoms with Gasteiger partial charge in [-0.05, 0) is 55.6 Å². The summed E-state index contributed by atoms with van der Waals surface area (Å²) in [5.74, 6) is 1.25. The number of hydrogen-bond donors (Lipinski definition) is 2. The average Bonchev–Trinajstić information content (AvgIpc) is 2.94. The third kappa shape index (κ3) is 1.76. The van der Waals surface area contributed by atoms with Crippen LogP contribution in [0, 0.1) is 11.8 Å². The van der Waals surface area contributed by atoms with Gasteiger partial charge in [-0.25, -0.2) is 0 Å². The smallest absolute Gasteiger partial charge is 0.0507 e. The summed E-state index contributed by atoms with van der Waals surface area (Å²) in [4.78, 5) is 6.50. The van der Waals surface area contributed by atoms with E-state index in [0.29, 0.717) is 24.5 Å². The van der Waals surface area contributed by atoms with E-state index in [1.807, 2.05) is 0 Å². The maximum absolute atomic E-state index is 9.69. The summed E-state index contributed by atoms with van der Waals surface area (Å²) in [6.45, 7) is 1.59. The molecule has 22 heavy (non-hydrogen) atoms. The first-order chi connectivity index (χ1) is 10.8. The van der Waals surface area contributed by atoms with E-state index in [2.05, 4.69) is 34.1 Å². The predicted octanol–water partition coefficient (Wildman–Crippen LogP) is 3.25. The SMILES string of the molecule is OC[C@@H]1CC[C@@H]2C[C@H]1C[C@@H]1c3[nH]c4ccccc4c3CCN21. The van der Waals surface area contributed by atoms with Gasteiger partial charge in [-0.15, -0.1) is 0 Å². The molecule has 3 aliphatic rings. The number of aromatic nitrogens is 1. The number of piperidine rings is 1. The molecule has 2 aliphatic heterocycles. The molecule has 0 amide bonds. The largest absolute Gasteiger partial charge is 0.396 e. The van der Waals surface area contributed by atoms with E-state index in [1.165, 1.54) is 55.2 Å². The van der Waals surface area contributed by atoms with Crippen LogP contribution in [0.2, 0.25) is 0 Å². The maximum atomic E-state index is 9.69. The molecule has 0 spiro atoms. The highest BCUT2D eigenvalue weighted by molar-refractivity contribution is 5.85. The monoisotopic (exact) mass is 296 g/mol. The van der Waals surface area contributed by atoms with Gasteiger partial charge in [-0.1, -0.05) is 18.2 Å². The summed E-state index contributed by atoms with van der Waals surface area (Å²) >= 11 is 0. The van der Waals surface area contributed by atoms with Crippen molar-refractivity contribution in [2.75, 3.05) is 13.2 Å². The molecule has 3 heteroatoms. The Morgan fingerprint density at radius 1 is 1.18 bits per heavy atom. The lowest BCUT2D eigenvalue weighted by molar-refractivity contribution is -0.0253. The number of H-pyrrole nitrogens is 1. The van der Waals surface area contributed by atoms with E-state index in [9.17, 15) is 5.11 Å². The van der Waals surface area contributed by atoms with E-state index in [4.69, 9.17) is 0 Å². The first-order valence-corrected chi connectivity index (χ1v) is 8.81. The van der Waals surface area contributed by atoms with Crippen molar-refractivity contribution in [3.63, 3.8) is 0 Å². The van der Waals surface area contributed by atoms with E-state index >= 15 is 0 Å². The van der Waals surface area contributed by atoms with Gasteiger partial charge >= 0.3 is 0 Å². The summed E-state index contributed by atoms with van der Waals surface area (Å²) in [6.07, 6.45) is 6.20. The summed E-state index contributed by atoms with van der Waals surface area (Å²) in [7, 11) is 0. The molecule has 2 bridgehead atoms. The Morgan fingerprint density at radius 2 is 2.09 bits per heavy atom. The quantitative estimate of drug-likeness (QED) is 0.848. The number of hydrogen-bond acceptors (Lipinski definition) is 2. The normalized spacial score (nSPS) is 34.4. The zero-order valence-corrected chi connectivity index (χ0v) is 13.0. The molecule has 2 aromatic rings. The molecule has 1 aromatic heterocycles. The van der Waals surface area contributed by atoms with E-state index in [0.717, 1.165) is 6.04 Å². The average molecular weight is 296 g/mol. The van der Waals surface area contributed by atoms with Crippen molar-refractivity contribution in [3.8, 4) is 0 Å². The highest BCUT2D eigenvalue weighted by atomic mass is 16.3. The number of para-hydroxylation sites is 1. The van der Waals surface area contributed by atoms with Crippen LogP contribution in [0.15, 0.2) is 24.3 Å². The Bertz CT molecular complexity index is 707. The van der Waals surface area contributed by atoms with Gasteiger partial charge in [0, 0.05) is 35.8 Å². The van der Waals surface area contributed by atoms with Crippen LogP contribution in [-0.4, -0.2) is 34.2 Å². The minimum atomic E-state index is 0.379. The molecule has 116 valence electrons. The van der Waals surface area contributed by atoms with Gasteiger partial charge in [0.15, 0.2) is 0 Å². The van der Waals surface area contributed by atoms with Crippen LogP contribution in [0.25, 0.3) is 10.9 Å². The standard InChI is InChI=1S/C19H24N2O/c22-11-12-5-6-14-9-13(12)10-18-19-16(7-8-21(14)18)15-3-1-2-4-17(15)20-19/h1-4,12-14,18,20,22H,5-11H2/t12-,13-,14+,18+/m0/s1. The second-order valence-corrected chi connectivity index (χ2v) is 7.47. The zero-order chi connectivity index (χ0) is 14.7. The summed E-state index contributed by atoms with van der Waals surface area (Å²) in [5, 5.41) is 11.1. The van der Waals surface area contributed by atoms with Crippen LogP contribution in [-0.2, 0) is 6.42 Å². The molecular formula is C19H24N2O. The lowest BCUT2D eigenvalue weighted by atomic mass is 9.69. The van der Waals surface area contributed by atoms with Gasteiger partial charge in [0.05, 0.1) is 6.04 Å². The summed E-state index contributed by atoms with van der Waals surface area (Å²) in [5.41, 5.74) is 4.32. The van der Waals surface area contributed by atoms with Gasteiger partial charge in [-0.2, -0.15) is 0 Å². The van der Waals surface area contributed by atoms with Gasteiger partial charge in [-0.3, -0.25) is 4.90 Å². The molecule has 3 heterocycles. The molecule has 1 saturated heterocycles. The Hall–Kier alpha value is -1.32. The number of aromatic amines is 1. The number of aliphatic hydroxyl groups is 1. The molecule has 4 atom stereocenters. The third-order valence-electron chi connectivity index (χ3n) is 6.54. The van der Waals surface area contributed by atoms with E-state index in [-0.39, 0.29) is 0 Å². The van der Waals surface area contributed by atoms with Crippen molar-refractivity contribution in [1.29, 1.82) is 0 Å². The van der Waals surface area contributed by atoms with Crippen LogP contribution in [0.5, 0.6) is 0 Å². The van der Waals surface area contributed by atoms with Gasteiger partial charge in [0.1, 0.15) is 0 Å². The second kappa shape index (κ2) is 4.84. The molecule has 2 fully saturated rings. The molecule has 3 nitrogen and oxygen atoms in total. The Morgan fingerprint density at radius 3 is 3.00 bits per heavy atom. The Labute approximate surface area is 131 Å². The van der Waals surface area contributed by atoms with Crippen LogP contribution in [0.1, 0.15) is 43.0 Å². The highest BCUT2D eigenvalue weighted by Gasteiger charge is 2.44. The van der Waals surface area contributed by atoms with Crippen LogP contribution >= 0.6 is 0 Å². The lowest BCUT2D eigenvalue weighted by Crippen LogP contribution is -2.51. The number of aliphatic hydroxyl groups excluding tert-OH is 1. The van der Waals surface area contributed by atoms with Crippen molar-refractivity contribution in [2.24, 2.45) is 11.8 Å². The van der Waals surface area contributed by atoms with Crippen LogP contribution in [0.4, 0.5) is 0 Å². The van der Waals surface area contributed by atoms with Crippen molar-refractivity contribution in [2.45, 2.75) is 44.2 Å². The lowest BCUT2D eigenvalue weighted by Gasteiger charge is -2.52.